The molecule has 0 bridgehead atoms. The van der Waals surface area contributed by atoms with Crippen LogP contribution in [0.1, 0.15) is 44.2 Å². The van der Waals surface area contributed by atoms with Crippen molar-refractivity contribution in [3.8, 4) is 0 Å². The molecule has 100 valence electrons. The van der Waals surface area contributed by atoms with Crippen molar-refractivity contribution in [2.24, 2.45) is 11.7 Å². The van der Waals surface area contributed by atoms with Crippen molar-refractivity contribution in [2.75, 3.05) is 6.54 Å². The third-order valence-corrected chi connectivity index (χ3v) is 4.05. The monoisotopic (exact) mass is 250 g/mol. The Morgan fingerprint density at radius 2 is 2.06 bits per heavy atom. The van der Waals surface area contributed by atoms with Crippen molar-refractivity contribution in [2.45, 2.75) is 44.7 Å². The lowest BCUT2D eigenvalue weighted by atomic mass is 9.84. The highest BCUT2D eigenvalue weighted by atomic mass is 19.1. The summed E-state index contributed by atoms with van der Waals surface area (Å²) in [5, 5.41) is 3.56. The molecule has 3 atom stereocenters. The summed E-state index contributed by atoms with van der Waals surface area (Å²) in [6, 6.07) is 7.47. The average Bonchev–Trinajstić information content (AvgIpc) is 2.39. The summed E-state index contributed by atoms with van der Waals surface area (Å²) in [6.07, 6.45) is 4.87. The number of hydrogen-bond donors (Lipinski definition) is 2. The number of halogens is 1. The molecule has 3 N–H and O–H groups in total. The van der Waals surface area contributed by atoms with E-state index in [1.54, 1.807) is 6.07 Å². The fraction of sp³-hybridized carbons (Fsp3) is 0.600. The van der Waals surface area contributed by atoms with Gasteiger partial charge in [0.05, 0.1) is 0 Å². The van der Waals surface area contributed by atoms with Crippen LogP contribution in [0, 0.1) is 11.7 Å². The molecule has 1 aliphatic rings. The van der Waals surface area contributed by atoms with Crippen LogP contribution in [0.2, 0.25) is 0 Å². The van der Waals surface area contributed by atoms with E-state index >= 15 is 0 Å². The fourth-order valence-electron chi connectivity index (χ4n) is 2.95. The maximum Gasteiger partial charge on any atom is 0.127 e. The Morgan fingerprint density at radius 1 is 1.33 bits per heavy atom. The molecule has 1 aromatic carbocycles. The summed E-state index contributed by atoms with van der Waals surface area (Å²) in [5.41, 5.74) is 6.57. The van der Waals surface area contributed by atoms with Crippen LogP contribution in [0.5, 0.6) is 0 Å². The van der Waals surface area contributed by atoms with E-state index in [9.17, 15) is 4.39 Å². The average molecular weight is 250 g/mol. The zero-order chi connectivity index (χ0) is 13.0. The van der Waals surface area contributed by atoms with E-state index in [-0.39, 0.29) is 11.9 Å². The SMILES string of the molecule is CC(NC1CCCCC1CN)c1ccccc1F. The minimum Gasteiger partial charge on any atom is -0.330 e. The van der Waals surface area contributed by atoms with E-state index in [2.05, 4.69) is 5.32 Å². The van der Waals surface area contributed by atoms with Gasteiger partial charge >= 0.3 is 0 Å². The molecule has 2 rings (SSSR count). The molecule has 0 heterocycles. The number of benzene rings is 1. The molecular weight excluding hydrogens is 227 g/mol. The van der Waals surface area contributed by atoms with Gasteiger partial charge in [-0.25, -0.2) is 4.39 Å². The van der Waals surface area contributed by atoms with E-state index in [1.165, 1.54) is 25.3 Å². The van der Waals surface area contributed by atoms with Gasteiger partial charge in [0.15, 0.2) is 0 Å². The summed E-state index contributed by atoms with van der Waals surface area (Å²) in [6.45, 7) is 2.75. The second-order valence-electron chi connectivity index (χ2n) is 5.30. The lowest BCUT2D eigenvalue weighted by Gasteiger charge is -2.34. The molecule has 0 radical (unpaired) electrons. The molecule has 0 amide bonds. The maximum absolute atomic E-state index is 13.7. The molecule has 0 aliphatic heterocycles. The van der Waals surface area contributed by atoms with Crippen LogP contribution in [0.15, 0.2) is 24.3 Å². The van der Waals surface area contributed by atoms with Gasteiger partial charge in [-0.05, 0) is 38.3 Å². The zero-order valence-electron chi connectivity index (χ0n) is 11.0. The van der Waals surface area contributed by atoms with Crippen LogP contribution in [-0.4, -0.2) is 12.6 Å². The molecule has 1 aliphatic carbocycles. The van der Waals surface area contributed by atoms with Crippen LogP contribution in [0.4, 0.5) is 4.39 Å². The summed E-state index contributed by atoms with van der Waals surface area (Å²) in [5.74, 6) is 0.408. The Bertz CT molecular complexity index is 381. The van der Waals surface area contributed by atoms with Crippen LogP contribution in [0.25, 0.3) is 0 Å². The molecule has 0 saturated heterocycles. The molecule has 18 heavy (non-hydrogen) atoms. The topological polar surface area (TPSA) is 38.0 Å². The first-order chi connectivity index (χ1) is 8.72. The molecule has 1 aromatic rings. The molecule has 2 nitrogen and oxygen atoms in total. The lowest BCUT2D eigenvalue weighted by Crippen LogP contribution is -2.43. The Labute approximate surface area is 109 Å². The molecule has 0 aromatic heterocycles. The largest absolute Gasteiger partial charge is 0.330 e. The molecule has 3 unspecified atom stereocenters. The van der Waals surface area contributed by atoms with E-state index < -0.39 is 0 Å². The number of nitrogens with one attached hydrogen (secondary N) is 1. The number of rotatable bonds is 4. The lowest BCUT2D eigenvalue weighted by molar-refractivity contribution is 0.251. The second-order valence-corrected chi connectivity index (χ2v) is 5.30. The van der Waals surface area contributed by atoms with E-state index in [4.69, 9.17) is 5.73 Å². The number of hydrogen-bond acceptors (Lipinski definition) is 2. The summed E-state index contributed by atoms with van der Waals surface area (Å²) >= 11 is 0. The first-order valence-electron chi connectivity index (χ1n) is 6.93. The summed E-state index contributed by atoms with van der Waals surface area (Å²) in [4.78, 5) is 0. The smallest absolute Gasteiger partial charge is 0.127 e. The standard InChI is InChI=1S/C15H23FN2/c1-11(13-7-3-4-8-14(13)16)18-15-9-5-2-6-12(15)10-17/h3-4,7-8,11-12,15,18H,2,5-6,9-10,17H2,1H3. The number of nitrogens with two attached hydrogens (primary N) is 1. The van der Waals surface area contributed by atoms with Crippen molar-refractivity contribution in [1.82, 2.24) is 5.32 Å². The molecule has 1 saturated carbocycles. The Kier molecular flexibility index (Phi) is 4.72. The van der Waals surface area contributed by atoms with Crippen LogP contribution in [0.3, 0.4) is 0 Å². The van der Waals surface area contributed by atoms with Crippen molar-refractivity contribution in [1.29, 1.82) is 0 Å². The van der Waals surface area contributed by atoms with Gasteiger partial charge in [0.2, 0.25) is 0 Å². The minimum absolute atomic E-state index is 0.0448. The quantitative estimate of drug-likeness (QED) is 0.862. The molecular formula is C15H23FN2. The third-order valence-electron chi connectivity index (χ3n) is 4.05. The van der Waals surface area contributed by atoms with Gasteiger partial charge in [0, 0.05) is 17.6 Å². The summed E-state index contributed by atoms with van der Waals surface area (Å²) in [7, 11) is 0. The van der Waals surface area contributed by atoms with Gasteiger partial charge in [-0.15, -0.1) is 0 Å². The Morgan fingerprint density at radius 3 is 2.78 bits per heavy atom. The minimum atomic E-state index is -0.127. The van der Waals surface area contributed by atoms with Gasteiger partial charge in [-0.3, -0.25) is 0 Å². The van der Waals surface area contributed by atoms with Gasteiger partial charge in [-0.1, -0.05) is 31.0 Å². The third kappa shape index (κ3) is 3.09. The van der Waals surface area contributed by atoms with Crippen molar-refractivity contribution >= 4 is 0 Å². The van der Waals surface area contributed by atoms with Crippen LogP contribution < -0.4 is 11.1 Å². The van der Waals surface area contributed by atoms with Crippen LogP contribution >= 0.6 is 0 Å². The van der Waals surface area contributed by atoms with Gasteiger partial charge in [0.1, 0.15) is 5.82 Å². The highest BCUT2D eigenvalue weighted by Crippen LogP contribution is 2.26. The predicted molar refractivity (Wildman–Crippen MR) is 72.8 cm³/mol. The van der Waals surface area contributed by atoms with E-state index in [0.717, 1.165) is 18.5 Å². The summed E-state index contributed by atoms with van der Waals surface area (Å²) < 4.78 is 13.7. The van der Waals surface area contributed by atoms with E-state index in [0.29, 0.717) is 12.0 Å². The maximum atomic E-state index is 13.7. The highest BCUT2D eigenvalue weighted by molar-refractivity contribution is 5.20. The van der Waals surface area contributed by atoms with Crippen LogP contribution in [-0.2, 0) is 0 Å². The Hall–Kier alpha value is -0.930. The van der Waals surface area contributed by atoms with E-state index in [1.807, 2.05) is 19.1 Å². The van der Waals surface area contributed by atoms with Crippen molar-refractivity contribution < 1.29 is 4.39 Å². The molecule has 0 spiro atoms. The predicted octanol–water partition coefficient (Wildman–Crippen LogP) is 2.99. The van der Waals surface area contributed by atoms with Gasteiger partial charge in [0.25, 0.3) is 0 Å². The first kappa shape index (κ1) is 13.5. The fourth-order valence-corrected chi connectivity index (χ4v) is 2.95. The second kappa shape index (κ2) is 6.30. The van der Waals surface area contributed by atoms with Gasteiger partial charge in [-0.2, -0.15) is 0 Å². The first-order valence-corrected chi connectivity index (χ1v) is 6.93. The van der Waals surface area contributed by atoms with Crippen molar-refractivity contribution in [3.05, 3.63) is 35.6 Å². The van der Waals surface area contributed by atoms with Gasteiger partial charge < -0.3 is 11.1 Å². The highest BCUT2D eigenvalue weighted by Gasteiger charge is 2.25. The zero-order valence-corrected chi connectivity index (χ0v) is 11.0. The molecule has 3 heteroatoms. The van der Waals surface area contributed by atoms with Crippen molar-refractivity contribution in [3.63, 3.8) is 0 Å². The normalized spacial score (nSPS) is 25.9. The Balaban J connectivity index is 2.02. The molecule has 1 fully saturated rings.